The quantitative estimate of drug-likeness (QED) is 0.542. The normalized spacial score (nSPS) is 12.4. The summed E-state index contributed by atoms with van der Waals surface area (Å²) in [5.74, 6) is 0. The fourth-order valence-electron chi connectivity index (χ4n) is 1.20. The number of hydrogen-bond acceptors (Lipinski definition) is 0. The van der Waals surface area contributed by atoms with E-state index in [1.807, 2.05) is 0 Å². The molecule has 1 aromatic carbocycles. The van der Waals surface area contributed by atoms with Gasteiger partial charge in [-0.25, -0.2) is 0 Å². The van der Waals surface area contributed by atoms with Gasteiger partial charge >= 0.3 is 18.0 Å². The van der Waals surface area contributed by atoms with Crippen molar-refractivity contribution in [2.75, 3.05) is 0 Å². The zero-order chi connectivity index (χ0) is 6.10. The van der Waals surface area contributed by atoms with Gasteiger partial charge in [0.25, 0.3) is 0 Å². The van der Waals surface area contributed by atoms with Crippen LogP contribution in [0, 0.1) is 0 Å². The Morgan fingerprint density at radius 3 is 2.70 bits per heavy atom. The molecule has 0 aromatic heterocycles. The van der Waals surface area contributed by atoms with Crippen LogP contribution in [0.15, 0.2) is 30.3 Å². The van der Waals surface area contributed by atoms with Gasteiger partial charge in [0.1, 0.15) is 0 Å². The molecule has 52 valence electrons. The number of rotatable bonds is 0. The van der Waals surface area contributed by atoms with Crippen molar-refractivity contribution in [3.05, 3.63) is 41.5 Å². The third-order valence-electron chi connectivity index (χ3n) is 1.69. The second-order valence-electron chi connectivity index (χ2n) is 2.31. The summed E-state index contributed by atoms with van der Waals surface area (Å²) >= 11 is 0. The predicted molar refractivity (Wildman–Crippen MR) is 49.1 cm³/mol. The van der Waals surface area contributed by atoms with E-state index >= 15 is 0 Å². The van der Waals surface area contributed by atoms with Crippen LogP contribution in [-0.2, 0) is 6.42 Å². The van der Waals surface area contributed by atoms with E-state index in [4.69, 9.17) is 0 Å². The van der Waals surface area contributed by atoms with Crippen molar-refractivity contribution < 1.29 is 0 Å². The van der Waals surface area contributed by atoms with E-state index in [0.29, 0.717) is 0 Å². The molecule has 1 heteroatoms. The van der Waals surface area contributed by atoms with E-state index in [1.54, 1.807) is 0 Å². The Morgan fingerprint density at radius 1 is 1.10 bits per heavy atom. The molecule has 0 amide bonds. The monoisotopic (exact) mass is 194 g/mol. The molecule has 10 heavy (non-hydrogen) atoms. The Bertz CT molecular complexity index is 251. The van der Waals surface area contributed by atoms with Crippen LogP contribution in [0.1, 0.15) is 11.1 Å². The van der Waals surface area contributed by atoms with E-state index < -0.39 is 0 Å². The first-order valence-electron chi connectivity index (χ1n) is 3.21. The van der Waals surface area contributed by atoms with Crippen molar-refractivity contribution in [2.24, 2.45) is 0 Å². The van der Waals surface area contributed by atoms with Crippen molar-refractivity contribution in [1.29, 1.82) is 0 Å². The van der Waals surface area contributed by atoms with E-state index in [2.05, 4.69) is 36.4 Å². The van der Waals surface area contributed by atoms with Crippen LogP contribution >= 0.6 is 0 Å². The summed E-state index contributed by atoms with van der Waals surface area (Å²) in [5.41, 5.74) is 2.84. The fraction of sp³-hybridized carbons (Fsp3) is 0.111. The first-order valence-corrected chi connectivity index (χ1v) is 3.21. The van der Waals surface area contributed by atoms with Crippen molar-refractivity contribution in [2.45, 2.75) is 6.42 Å². The summed E-state index contributed by atoms with van der Waals surface area (Å²) in [6.07, 6.45) is 5.50. The maximum absolute atomic E-state index is 2.20. The van der Waals surface area contributed by atoms with Crippen LogP contribution in [0.25, 0.3) is 6.08 Å². The minimum absolute atomic E-state index is 0. The van der Waals surface area contributed by atoms with Gasteiger partial charge in [-0.3, -0.25) is 0 Å². The molecule has 0 saturated carbocycles. The molecule has 0 heterocycles. The van der Waals surface area contributed by atoms with Crippen LogP contribution in [0.4, 0.5) is 0 Å². The fourth-order valence-corrected chi connectivity index (χ4v) is 1.20. The molecule has 1 atom stereocenters. The first kappa shape index (κ1) is 7.62. The molecular formula is C9H11As. The summed E-state index contributed by atoms with van der Waals surface area (Å²) < 4.78 is 0. The zero-order valence-corrected chi connectivity index (χ0v) is 8.85. The molecule has 1 unspecified atom stereocenters. The summed E-state index contributed by atoms with van der Waals surface area (Å²) in [6.45, 7) is 0. The summed E-state index contributed by atoms with van der Waals surface area (Å²) in [4.78, 5) is 0. The SMILES string of the molecule is C1=Cc2ccccc2C1.[AsH3]. The summed E-state index contributed by atoms with van der Waals surface area (Å²) in [7, 11) is 0. The topological polar surface area (TPSA) is 0 Å². The summed E-state index contributed by atoms with van der Waals surface area (Å²) in [6, 6.07) is 8.49. The molecule has 0 saturated heterocycles. The molecule has 1 aliphatic carbocycles. The average Bonchev–Trinajstić information content (AvgIpc) is 2.33. The van der Waals surface area contributed by atoms with Gasteiger partial charge in [0, 0.05) is 0 Å². The maximum atomic E-state index is 2.20. The van der Waals surface area contributed by atoms with Crippen LogP contribution in [0.3, 0.4) is 0 Å². The van der Waals surface area contributed by atoms with E-state index in [-0.39, 0.29) is 18.0 Å². The number of benzene rings is 1. The molecule has 0 radical (unpaired) electrons. The van der Waals surface area contributed by atoms with Gasteiger partial charge in [-0.05, 0) is 17.5 Å². The second kappa shape index (κ2) is 3.07. The van der Waals surface area contributed by atoms with Crippen molar-refractivity contribution in [3.8, 4) is 0 Å². The third-order valence-corrected chi connectivity index (χ3v) is 1.69. The van der Waals surface area contributed by atoms with Gasteiger partial charge in [-0.15, -0.1) is 0 Å². The minimum atomic E-state index is 0. The van der Waals surface area contributed by atoms with E-state index in [1.165, 1.54) is 11.1 Å². The molecule has 2 rings (SSSR count). The number of fused-ring (bicyclic) bond motifs is 1. The first-order chi connectivity index (χ1) is 4.47. The van der Waals surface area contributed by atoms with Crippen LogP contribution in [0.2, 0.25) is 0 Å². The molecule has 0 N–H and O–H groups in total. The second-order valence-corrected chi connectivity index (χ2v) is 2.31. The molecule has 0 aliphatic heterocycles. The van der Waals surface area contributed by atoms with Crippen LogP contribution in [-0.4, -0.2) is 18.0 Å². The molecule has 1 aliphatic rings. The molecule has 1 aromatic rings. The van der Waals surface area contributed by atoms with Gasteiger partial charge in [-0.2, -0.15) is 0 Å². The van der Waals surface area contributed by atoms with Crippen LogP contribution in [0.5, 0.6) is 0 Å². The third kappa shape index (κ3) is 1.17. The standard InChI is InChI=1S/C9H8.AsH3/c1-2-5-9-7-3-6-8(9)4-1;/h1-6H,7H2;1H3. The predicted octanol–water partition coefficient (Wildman–Crippen LogP) is 1.07. The van der Waals surface area contributed by atoms with E-state index in [9.17, 15) is 0 Å². The van der Waals surface area contributed by atoms with Crippen LogP contribution < -0.4 is 0 Å². The molecule has 0 fully saturated rings. The van der Waals surface area contributed by atoms with Crippen molar-refractivity contribution in [1.82, 2.24) is 0 Å². The van der Waals surface area contributed by atoms with Gasteiger partial charge in [0.15, 0.2) is 0 Å². The number of hydrogen-bond donors (Lipinski definition) is 0. The number of allylic oxidation sites excluding steroid dienone is 1. The Kier molecular flexibility index (Phi) is 2.34. The average molecular weight is 194 g/mol. The van der Waals surface area contributed by atoms with Gasteiger partial charge in [-0.1, -0.05) is 36.4 Å². The Hall–Kier alpha value is -0.482. The van der Waals surface area contributed by atoms with Gasteiger partial charge in [0.05, 0.1) is 0 Å². The molecular weight excluding hydrogens is 183 g/mol. The Labute approximate surface area is 72.3 Å². The molecule has 0 bridgehead atoms. The van der Waals surface area contributed by atoms with Gasteiger partial charge in [0.2, 0.25) is 0 Å². The summed E-state index contributed by atoms with van der Waals surface area (Å²) in [5, 5.41) is 0. The molecule has 0 spiro atoms. The van der Waals surface area contributed by atoms with Crippen molar-refractivity contribution in [3.63, 3.8) is 0 Å². The zero-order valence-electron chi connectivity index (χ0n) is 5.88. The van der Waals surface area contributed by atoms with E-state index in [0.717, 1.165) is 6.42 Å². The Balaban J connectivity index is 0.000000500. The van der Waals surface area contributed by atoms with Crippen molar-refractivity contribution >= 4 is 24.0 Å². The molecule has 0 nitrogen and oxygen atoms in total. The van der Waals surface area contributed by atoms with Gasteiger partial charge < -0.3 is 0 Å². The Morgan fingerprint density at radius 2 is 1.90 bits per heavy atom.